The molecule has 0 radical (unpaired) electrons. The van der Waals surface area contributed by atoms with Crippen molar-refractivity contribution in [3.05, 3.63) is 12.4 Å². The predicted octanol–water partition coefficient (Wildman–Crippen LogP) is 2.17. The number of nitrogens with zero attached hydrogens (tertiary/aromatic N) is 3. The summed E-state index contributed by atoms with van der Waals surface area (Å²) in [4.78, 5) is 11.2. The molecule has 3 rings (SSSR count). The zero-order valence-corrected chi connectivity index (χ0v) is 12.3. The van der Waals surface area contributed by atoms with E-state index in [-0.39, 0.29) is 0 Å². The molecule has 0 spiro atoms. The van der Waals surface area contributed by atoms with Gasteiger partial charge in [-0.15, -0.1) is 11.8 Å². The molecule has 0 aliphatic carbocycles. The third-order valence-corrected chi connectivity index (χ3v) is 4.93. The van der Waals surface area contributed by atoms with Crippen molar-refractivity contribution in [2.45, 2.75) is 36.8 Å². The summed E-state index contributed by atoms with van der Waals surface area (Å²) >= 11 is 1.68. The first-order valence-electron chi connectivity index (χ1n) is 7.21. The Balaban J connectivity index is 1.69. The molecule has 2 aliphatic rings. The molecule has 5 heteroatoms. The van der Waals surface area contributed by atoms with Crippen LogP contribution in [-0.4, -0.2) is 41.9 Å². The maximum Gasteiger partial charge on any atom is 0.133 e. The van der Waals surface area contributed by atoms with Gasteiger partial charge in [0.15, 0.2) is 0 Å². The van der Waals surface area contributed by atoms with Crippen LogP contribution in [0.4, 0.5) is 5.82 Å². The number of nitrogens with one attached hydrogen (secondary N) is 1. The van der Waals surface area contributed by atoms with Crippen molar-refractivity contribution >= 4 is 17.6 Å². The normalized spacial score (nSPS) is 27.7. The standard InChI is InChI=1S/C14H22N4S/c1-19-14-8-13(16-10-17-14)18-7-3-4-11(9-18)12-5-2-6-15-12/h8,10-12,15H,2-7,9H2,1H3. The van der Waals surface area contributed by atoms with Crippen molar-refractivity contribution in [3.63, 3.8) is 0 Å². The summed E-state index contributed by atoms with van der Waals surface area (Å²) in [6.45, 7) is 3.47. The van der Waals surface area contributed by atoms with E-state index >= 15 is 0 Å². The molecule has 1 N–H and O–H groups in total. The lowest BCUT2D eigenvalue weighted by molar-refractivity contribution is 0.328. The zero-order valence-electron chi connectivity index (χ0n) is 11.5. The average molecular weight is 278 g/mol. The Morgan fingerprint density at radius 1 is 1.32 bits per heavy atom. The SMILES string of the molecule is CSc1cc(N2CCCC(C3CCCN3)C2)ncn1. The van der Waals surface area contributed by atoms with Crippen LogP contribution in [0.2, 0.25) is 0 Å². The number of hydrogen-bond acceptors (Lipinski definition) is 5. The van der Waals surface area contributed by atoms with Crippen LogP contribution < -0.4 is 10.2 Å². The van der Waals surface area contributed by atoms with E-state index in [9.17, 15) is 0 Å². The lowest BCUT2D eigenvalue weighted by Crippen LogP contribution is -2.43. The molecule has 2 unspecified atom stereocenters. The van der Waals surface area contributed by atoms with E-state index in [1.807, 2.05) is 0 Å². The number of rotatable bonds is 3. The number of hydrogen-bond donors (Lipinski definition) is 1. The van der Waals surface area contributed by atoms with Crippen LogP contribution in [0.5, 0.6) is 0 Å². The van der Waals surface area contributed by atoms with E-state index in [4.69, 9.17) is 0 Å². The van der Waals surface area contributed by atoms with Crippen molar-refractivity contribution in [1.29, 1.82) is 0 Å². The first kappa shape index (κ1) is 13.2. The first-order valence-corrected chi connectivity index (χ1v) is 8.43. The maximum absolute atomic E-state index is 4.45. The highest BCUT2D eigenvalue weighted by molar-refractivity contribution is 7.98. The number of anilines is 1. The van der Waals surface area contributed by atoms with E-state index in [1.165, 1.54) is 32.2 Å². The van der Waals surface area contributed by atoms with Gasteiger partial charge in [0.2, 0.25) is 0 Å². The molecule has 2 atom stereocenters. The Labute approximate surface area is 119 Å². The topological polar surface area (TPSA) is 41.0 Å². The summed E-state index contributed by atoms with van der Waals surface area (Å²) < 4.78 is 0. The molecule has 3 heterocycles. The fraction of sp³-hybridized carbons (Fsp3) is 0.714. The Hall–Kier alpha value is -0.810. The summed E-state index contributed by atoms with van der Waals surface area (Å²) in [6.07, 6.45) is 9.08. The molecule has 104 valence electrons. The summed E-state index contributed by atoms with van der Waals surface area (Å²) in [6, 6.07) is 2.85. The number of piperidine rings is 1. The minimum absolute atomic E-state index is 0.727. The van der Waals surface area contributed by atoms with Gasteiger partial charge in [0.05, 0.1) is 0 Å². The second kappa shape index (κ2) is 6.09. The van der Waals surface area contributed by atoms with Gasteiger partial charge in [-0.1, -0.05) is 0 Å². The minimum atomic E-state index is 0.727. The third kappa shape index (κ3) is 3.03. The van der Waals surface area contributed by atoms with Gasteiger partial charge in [-0.05, 0) is 44.4 Å². The van der Waals surface area contributed by atoms with Crippen molar-refractivity contribution in [2.75, 3.05) is 30.8 Å². The molecular formula is C14H22N4S. The van der Waals surface area contributed by atoms with Gasteiger partial charge in [0, 0.05) is 25.2 Å². The Morgan fingerprint density at radius 2 is 2.26 bits per heavy atom. The van der Waals surface area contributed by atoms with Crippen LogP contribution in [0.1, 0.15) is 25.7 Å². The smallest absolute Gasteiger partial charge is 0.133 e. The van der Waals surface area contributed by atoms with Crippen LogP contribution in [0, 0.1) is 5.92 Å². The van der Waals surface area contributed by atoms with Crippen molar-refractivity contribution < 1.29 is 0 Å². The molecule has 1 aromatic heterocycles. The van der Waals surface area contributed by atoms with Crippen LogP contribution in [0.15, 0.2) is 17.4 Å². The molecule has 2 saturated heterocycles. The molecule has 1 aromatic rings. The highest BCUT2D eigenvalue weighted by atomic mass is 32.2. The van der Waals surface area contributed by atoms with Crippen molar-refractivity contribution in [1.82, 2.24) is 15.3 Å². The quantitative estimate of drug-likeness (QED) is 0.678. The summed E-state index contributed by atoms with van der Waals surface area (Å²) in [7, 11) is 0. The van der Waals surface area contributed by atoms with Gasteiger partial charge >= 0.3 is 0 Å². The van der Waals surface area contributed by atoms with Crippen LogP contribution in [0.25, 0.3) is 0 Å². The van der Waals surface area contributed by atoms with Gasteiger partial charge in [0.25, 0.3) is 0 Å². The Bertz CT molecular complexity index is 420. The van der Waals surface area contributed by atoms with Gasteiger partial charge in [-0.3, -0.25) is 0 Å². The zero-order chi connectivity index (χ0) is 13.1. The fourth-order valence-corrected chi connectivity index (χ4v) is 3.65. The molecule has 0 bridgehead atoms. The highest BCUT2D eigenvalue weighted by Crippen LogP contribution is 2.28. The van der Waals surface area contributed by atoms with Gasteiger partial charge < -0.3 is 10.2 Å². The van der Waals surface area contributed by atoms with Gasteiger partial charge in [0.1, 0.15) is 17.2 Å². The fourth-order valence-electron chi connectivity index (χ4n) is 3.27. The molecule has 0 aromatic carbocycles. The second-order valence-corrected chi connectivity index (χ2v) is 6.30. The molecule has 4 nitrogen and oxygen atoms in total. The van der Waals surface area contributed by atoms with Crippen LogP contribution in [0.3, 0.4) is 0 Å². The first-order chi connectivity index (χ1) is 9.36. The number of thioether (sulfide) groups is 1. The highest BCUT2D eigenvalue weighted by Gasteiger charge is 2.29. The van der Waals surface area contributed by atoms with Crippen LogP contribution in [-0.2, 0) is 0 Å². The van der Waals surface area contributed by atoms with E-state index < -0.39 is 0 Å². The monoisotopic (exact) mass is 278 g/mol. The van der Waals surface area contributed by atoms with E-state index in [0.29, 0.717) is 0 Å². The molecule has 2 aliphatic heterocycles. The lowest BCUT2D eigenvalue weighted by Gasteiger charge is -2.36. The molecular weight excluding hydrogens is 256 g/mol. The average Bonchev–Trinajstić information content (AvgIpc) is 3.02. The molecule has 2 fully saturated rings. The van der Waals surface area contributed by atoms with E-state index in [2.05, 4.69) is 32.5 Å². The summed E-state index contributed by atoms with van der Waals surface area (Å²) in [5.74, 6) is 1.88. The van der Waals surface area contributed by atoms with Gasteiger partial charge in [-0.2, -0.15) is 0 Å². The Kier molecular flexibility index (Phi) is 4.23. The second-order valence-electron chi connectivity index (χ2n) is 5.47. The summed E-state index contributed by atoms with van der Waals surface area (Å²) in [5.41, 5.74) is 0. The molecule has 19 heavy (non-hydrogen) atoms. The largest absolute Gasteiger partial charge is 0.356 e. The lowest BCUT2D eigenvalue weighted by atomic mass is 9.90. The van der Waals surface area contributed by atoms with Gasteiger partial charge in [-0.25, -0.2) is 9.97 Å². The molecule has 0 amide bonds. The minimum Gasteiger partial charge on any atom is -0.356 e. The molecule has 0 saturated carbocycles. The summed E-state index contributed by atoms with van der Waals surface area (Å²) in [5, 5.41) is 4.72. The van der Waals surface area contributed by atoms with E-state index in [0.717, 1.165) is 35.9 Å². The maximum atomic E-state index is 4.45. The third-order valence-electron chi connectivity index (χ3n) is 4.29. The predicted molar refractivity (Wildman–Crippen MR) is 79.8 cm³/mol. The number of aromatic nitrogens is 2. The van der Waals surface area contributed by atoms with Crippen molar-refractivity contribution in [3.8, 4) is 0 Å². The Morgan fingerprint density at radius 3 is 3.05 bits per heavy atom. The van der Waals surface area contributed by atoms with E-state index in [1.54, 1.807) is 18.1 Å². The van der Waals surface area contributed by atoms with Crippen LogP contribution >= 0.6 is 11.8 Å². The van der Waals surface area contributed by atoms with Crippen molar-refractivity contribution in [2.24, 2.45) is 5.92 Å².